The minimum Gasteiger partial charge on any atom is -0.497 e. The Bertz CT molecular complexity index is 1440. The van der Waals surface area contributed by atoms with E-state index in [0.29, 0.717) is 29.6 Å². The molecule has 0 unspecified atom stereocenters. The molecular weight excluding hydrogens is 522 g/mol. The average molecular weight is 550 g/mol. The minimum absolute atomic E-state index is 0.0547. The van der Waals surface area contributed by atoms with Crippen molar-refractivity contribution < 1.29 is 19.1 Å². The highest BCUT2D eigenvalue weighted by atomic mass is 32.2. The van der Waals surface area contributed by atoms with E-state index in [0.717, 1.165) is 41.0 Å². The standard InChI is InChI=1S/C28H27N3O5S2/c1-36-19-12-10-18(11-13-19)31-25(33)22-21(17-8-4-2-5-9-17)24-27(37-23(22)26(31)34)30(28(35)38-24)16-20(32)29-14-6-3-7-15-29/h2,4-5,8-13,21-23H,3,6-7,14-16H2,1H3/t21-,22-,23+/m0/s1. The number of hydrogen-bond donors (Lipinski definition) is 0. The summed E-state index contributed by atoms with van der Waals surface area (Å²) in [6.07, 6.45) is 3.04. The molecule has 1 aromatic heterocycles. The van der Waals surface area contributed by atoms with Crippen LogP contribution in [-0.4, -0.2) is 52.6 Å². The molecule has 0 radical (unpaired) electrons. The van der Waals surface area contributed by atoms with Gasteiger partial charge >= 0.3 is 4.87 Å². The Balaban J connectivity index is 1.41. The van der Waals surface area contributed by atoms with E-state index in [4.69, 9.17) is 4.74 Å². The molecule has 38 heavy (non-hydrogen) atoms. The third-order valence-corrected chi connectivity index (χ3v) is 10.1. The monoisotopic (exact) mass is 549 g/mol. The van der Waals surface area contributed by atoms with Crippen molar-refractivity contribution in [2.24, 2.45) is 5.92 Å². The van der Waals surface area contributed by atoms with Crippen LogP contribution in [0.2, 0.25) is 0 Å². The number of thiazole rings is 1. The maximum absolute atomic E-state index is 13.9. The van der Waals surface area contributed by atoms with Crippen molar-refractivity contribution in [1.29, 1.82) is 0 Å². The number of nitrogens with zero attached hydrogens (tertiary/aromatic N) is 3. The van der Waals surface area contributed by atoms with E-state index < -0.39 is 17.1 Å². The highest BCUT2D eigenvalue weighted by molar-refractivity contribution is 8.00. The fraction of sp³-hybridized carbons (Fsp3) is 0.357. The van der Waals surface area contributed by atoms with Crippen LogP contribution in [0.4, 0.5) is 5.69 Å². The Labute approximate surface area is 228 Å². The number of piperidine rings is 1. The Morgan fingerprint density at radius 3 is 2.34 bits per heavy atom. The number of amides is 3. The van der Waals surface area contributed by atoms with Gasteiger partial charge in [-0.15, -0.1) is 0 Å². The lowest BCUT2D eigenvalue weighted by atomic mass is 9.83. The van der Waals surface area contributed by atoms with Gasteiger partial charge < -0.3 is 9.64 Å². The van der Waals surface area contributed by atoms with Crippen LogP contribution in [0.25, 0.3) is 0 Å². The Morgan fingerprint density at radius 2 is 1.66 bits per heavy atom. The van der Waals surface area contributed by atoms with Crippen LogP contribution < -0.4 is 14.5 Å². The van der Waals surface area contributed by atoms with Crippen molar-refractivity contribution in [3.05, 3.63) is 74.7 Å². The molecule has 3 aromatic rings. The topological polar surface area (TPSA) is 88.9 Å². The second-order valence-corrected chi connectivity index (χ2v) is 11.9. The Morgan fingerprint density at radius 1 is 0.947 bits per heavy atom. The molecular formula is C28H27N3O5S2. The van der Waals surface area contributed by atoms with E-state index in [1.54, 1.807) is 31.4 Å². The lowest BCUT2D eigenvalue weighted by Crippen LogP contribution is -2.39. The van der Waals surface area contributed by atoms with Crippen molar-refractivity contribution >= 4 is 46.5 Å². The lowest BCUT2D eigenvalue weighted by Gasteiger charge is -2.31. The van der Waals surface area contributed by atoms with Crippen LogP contribution in [0.1, 0.15) is 35.6 Å². The van der Waals surface area contributed by atoms with E-state index >= 15 is 0 Å². The van der Waals surface area contributed by atoms with Gasteiger partial charge in [-0.25, -0.2) is 4.90 Å². The largest absolute Gasteiger partial charge is 0.497 e. The zero-order valence-corrected chi connectivity index (χ0v) is 22.5. The third-order valence-electron chi connectivity index (χ3n) is 7.54. The van der Waals surface area contributed by atoms with E-state index in [-0.39, 0.29) is 29.1 Å². The molecule has 3 amide bonds. The summed E-state index contributed by atoms with van der Waals surface area (Å²) in [5, 5.41) is -0.0779. The van der Waals surface area contributed by atoms with Gasteiger partial charge in [-0.1, -0.05) is 53.4 Å². The third kappa shape index (κ3) is 4.16. The second-order valence-electron chi connectivity index (χ2n) is 9.73. The molecule has 3 atom stereocenters. The second kappa shape index (κ2) is 10.1. The van der Waals surface area contributed by atoms with Crippen molar-refractivity contribution in [2.75, 3.05) is 25.1 Å². The van der Waals surface area contributed by atoms with Gasteiger partial charge in [0, 0.05) is 23.9 Å². The van der Waals surface area contributed by atoms with Crippen molar-refractivity contribution in [3.63, 3.8) is 0 Å². The zero-order chi connectivity index (χ0) is 26.4. The number of aromatic nitrogens is 1. The first-order chi connectivity index (χ1) is 18.5. The summed E-state index contributed by atoms with van der Waals surface area (Å²) in [6.45, 7) is 1.35. The Kier molecular flexibility index (Phi) is 6.61. The van der Waals surface area contributed by atoms with Crippen LogP contribution in [0.5, 0.6) is 5.75 Å². The molecule has 3 aliphatic heterocycles. The predicted molar refractivity (Wildman–Crippen MR) is 146 cm³/mol. The fourth-order valence-corrected chi connectivity index (χ4v) is 8.41. The number of ether oxygens (including phenoxy) is 1. The van der Waals surface area contributed by atoms with Crippen molar-refractivity contribution in [3.8, 4) is 5.75 Å². The van der Waals surface area contributed by atoms with Gasteiger partial charge in [-0.3, -0.25) is 23.7 Å². The quantitative estimate of drug-likeness (QED) is 0.451. The average Bonchev–Trinajstić information content (AvgIpc) is 3.40. The highest BCUT2D eigenvalue weighted by Gasteiger charge is 2.56. The summed E-state index contributed by atoms with van der Waals surface area (Å²) < 4.78 is 6.75. The number of benzene rings is 2. The number of methoxy groups -OCH3 is 1. The van der Waals surface area contributed by atoms with Crippen molar-refractivity contribution in [2.45, 2.75) is 42.0 Å². The first-order valence-corrected chi connectivity index (χ1v) is 14.4. The number of carbonyl (C=O) groups excluding carboxylic acids is 3. The van der Waals surface area contributed by atoms with E-state index in [2.05, 4.69) is 0 Å². The van der Waals surface area contributed by atoms with Crippen LogP contribution in [-0.2, 0) is 20.9 Å². The molecule has 0 bridgehead atoms. The number of imide groups is 1. The van der Waals surface area contributed by atoms with E-state index in [1.165, 1.54) is 21.2 Å². The first kappa shape index (κ1) is 24.9. The number of carbonyl (C=O) groups is 3. The zero-order valence-electron chi connectivity index (χ0n) is 20.9. The van der Waals surface area contributed by atoms with Gasteiger partial charge in [0.2, 0.25) is 17.7 Å². The number of thioether (sulfide) groups is 1. The molecule has 0 saturated carbocycles. The van der Waals surface area contributed by atoms with Gasteiger partial charge in [0.05, 0.1) is 23.7 Å². The number of rotatable bonds is 5. The molecule has 2 fully saturated rings. The summed E-state index contributed by atoms with van der Waals surface area (Å²) in [6, 6.07) is 16.4. The smallest absolute Gasteiger partial charge is 0.308 e. The van der Waals surface area contributed by atoms with Gasteiger partial charge in [0.1, 0.15) is 17.5 Å². The molecule has 196 valence electrons. The molecule has 2 aromatic carbocycles. The predicted octanol–water partition coefficient (Wildman–Crippen LogP) is 3.73. The molecule has 10 heteroatoms. The molecule has 8 nitrogen and oxygen atoms in total. The summed E-state index contributed by atoms with van der Waals surface area (Å²) in [5.74, 6) is -1.16. The van der Waals surface area contributed by atoms with Gasteiger partial charge in [0.15, 0.2) is 0 Å². The van der Waals surface area contributed by atoms with Gasteiger partial charge in [-0.05, 0) is 49.1 Å². The SMILES string of the molecule is COc1ccc(N2C(=O)[C@H]3[C@H](c4ccccc4)c4sc(=O)n(CC(=O)N5CCCCC5)c4S[C@H]3C2=O)cc1. The first-order valence-electron chi connectivity index (χ1n) is 12.7. The number of hydrogen-bond acceptors (Lipinski definition) is 7. The summed E-state index contributed by atoms with van der Waals surface area (Å²) in [4.78, 5) is 57.6. The normalized spacial score (nSPS) is 22.8. The number of fused-ring (bicyclic) bond motifs is 2. The van der Waals surface area contributed by atoms with Crippen LogP contribution in [0, 0.1) is 5.92 Å². The van der Waals surface area contributed by atoms with Gasteiger partial charge in [-0.2, -0.15) is 0 Å². The fourth-order valence-electron chi connectivity index (χ4n) is 5.64. The molecule has 0 spiro atoms. The lowest BCUT2D eigenvalue weighted by molar-refractivity contribution is -0.133. The maximum atomic E-state index is 13.9. The number of anilines is 1. The van der Waals surface area contributed by atoms with Crippen molar-refractivity contribution in [1.82, 2.24) is 9.47 Å². The van der Waals surface area contributed by atoms with E-state index in [9.17, 15) is 19.2 Å². The minimum atomic E-state index is -0.701. The summed E-state index contributed by atoms with van der Waals surface area (Å²) in [5.41, 5.74) is 1.36. The Hall–Kier alpha value is -3.37. The highest BCUT2D eigenvalue weighted by Crippen LogP contribution is 2.53. The molecule has 2 saturated heterocycles. The summed E-state index contributed by atoms with van der Waals surface area (Å²) in [7, 11) is 1.56. The molecule has 6 rings (SSSR count). The molecule has 4 heterocycles. The molecule has 0 N–H and O–H groups in total. The number of likely N-dealkylation sites (tertiary alicyclic amines) is 1. The summed E-state index contributed by atoms with van der Waals surface area (Å²) >= 11 is 2.33. The molecule has 0 aliphatic carbocycles. The van der Waals surface area contributed by atoms with Crippen LogP contribution in [0.3, 0.4) is 0 Å². The van der Waals surface area contributed by atoms with Crippen LogP contribution in [0.15, 0.2) is 64.4 Å². The maximum Gasteiger partial charge on any atom is 0.308 e. The van der Waals surface area contributed by atoms with Gasteiger partial charge in [0.25, 0.3) is 0 Å². The molecule has 3 aliphatic rings. The van der Waals surface area contributed by atoms with E-state index in [1.807, 2.05) is 35.2 Å². The van der Waals surface area contributed by atoms with Crippen LogP contribution >= 0.6 is 23.1 Å².